The van der Waals surface area contributed by atoms with Crippen LogP contribution in [0.3, 0.4) is 0 Å². The molecule has 5 heteroatoms. The highest BCUT2D eigenvalue weighted by molar-refractivity contribution is 7.90. The van der Waals surface area contributed by atoms with E-state index in [1.807, 2.05) is 4.90 Å². The van der Waals surface area contributed by atoms with Crippen molar-refractivity contribution in [3.63, 3.8) is 0 Å². The third-order valence-electron chi connectivity index (χ3n) is 2.61. The van der Waals surface area contributed by atoms with Gasteiger partial charge in [0.2, 0.25) is 0 Å². The summed E-state index contributed by atoms with van der Waals surface area (Å²) in [5, 5.41) is 0. The minimum atomic E-state index is -3.56. The van der Waals surface area contributed by atoms with Gasteiger partial charge in [0.05, 0.1) is 0 Å². The van der Waals surface area contributed by atoms with Crippen LogP contribution in [0.1, 0.15) is 5.56 Å². The molecule has 0 N–H and O–H groups in total. The van der Waals surface area contributed by atoms with Crippen LogP contribution in [0.4, 0.5) is 0 Å². The van der Waals surface area contributed by atoms with Crippen LogP contribution in [0.25, 0.3) is 0 Å². The van der Waals surface area contributed by atoms with Gasteiger partial charge in [-0.3, -0.25) is 0 Å². The molecule has 0 saturated carbocycles. The highest BCUT2D eigenvalue weighted by Crippen LogP contribution is 2.27. The monoisotopic (exact) mass is 262 g/mol. The van der Waals surface area contributed by atoms with Crippen LogP contribution in [0.15, 0.2) is 58.9 Å². The maximum atomic E-state index is 11.9. The Kier molecular flexibility index (Phi) is 3.34. The van der Waals surface area contributed by atoms with Crippen molar-refractivity contribution in [3.8, 4) is 0 Å². The van der Waals surface area contributed by atoms with Gasteiger partial charge < -0.3 is 4.90 Å². The van der Waals surface area contributed by atoms with E-state index in [2.05, 4.69) is 17.6 Å². The molecular formula is C13H14N2O2S. The van der Waals surface area contributed by atoms with Gasteiger partial charge in [-0.1, -0.05) is 24.3 Å². The average molecular weight is 262 g/mol. The van der Waals surface area contributed by atoms with Crippen LogP contribution in [0, 0.1) is 0 Å². The molecular weight excluding hydrogens is 248 g/mol. The Labute approximate surface area is 107 Å². The molecule has 0 saturated heterocycles. The Morgan fingerprint density at radius 1 is 1.17 bits per heavy atom. The maximum absolute atomic E-state index is 11.9. The number of amidine groups is 1. The molecule has 0 bridgehead atoms. The Balaban J connectivity index is 2.52. The molecule has 0 aliphatic carbocycles. The summed E-state index contributed by atoms with van der Waals surface area (Å²) in [5.41, 5.74) is 0.640. The van der Waals surface area contributed by atoms with E-state index in [9.17, 15) is 8.42 Å². The van der Waals surface area contributed by atoms with Gasteiger partial charge in [-0.25, -0.2) is 0 Å². The summed E-state index contributed by atoms with van der Waals surface area (Å²) in [5.74, 6) is 0.463. The molecule has 1 heterocycles. The lowest BCUT2D eigenvalue weighted by Gasteiger charge is -2.20. The number of rotatable bonds is 4. The van der Waals surface area contributed by atoms with Gasteiger partial charge in [0, 0.05) is 18.7 Å². The van der Waals surface area contributed by atoms with Gasteiger partial charge in [-0.05, 0) is 12.1 Å². The van der Waals surface area contributed by atoms with Crippen molar-refractivity contribution in [1.82, 2.24) is 4.90 Å². The SMILES string of the molecule is C=CCN(CC=C)C1=NS(=O)(=O)c2ccccc21. The summed E-state index contributed by atoms with van der Waals surface area (Å²) < 4.78 is 27.7. The van der Waals surface area contributed by atoms with Crippen molar-refractivity contribution in [2.75, 3.05) is 13.1 Å². The lowest BCUT2D eigenvalue weighted by atomic mass is 10.2. The van der Waals surface area contributed by atoms with Crippen LogP contribution in [0.5, 0.6) is 0 Å². The number of hydrogen-bond donors (Lipinski definition) is 0. The van der Waals surface area contributed by atoms with Crippen molar-refractivity contribution in [2.45, 2.75) is 4.90 Å². The molecule has 4 nitrogen and oxygen atoms in total. The molecule has 94 valence electrons. The molecule has 0 spiro atoms. The number of sulfonamides is 1. The second-order valence-electron chi connectivity index (χ2n) is 3.87. The zero-order valence-corrected chi connectivity index (χ0v) is 10.7. The van der Waals surface area contributed by atoms with Gasteiger partial charge in [0.15, 0.2) is 5.84 Å². The third kappa shape index (κ3) is 2.09. The lowest BCUT2D eigenvalue weighted by Crippen LogP contribution is -2.31. The maximum Gasteiger partial charge on any atom is 0.285 e. The fourth-order valence-electron chi connectivity index (χ4n) is 1.88. The molecule has 2 rings (SSSR count). The predicted molar refractivity (Wildman–Crippen MR) is 72.1 cm³/mol. The first-order valence-electron chi connectivity index (χ1n) is 5.51. The largest absolute Gasteiger partial charge is 0.348 e. The van der Waals surface area contributed by atoms with Crippen LogP contribution < -0.4 is 0 Å². The first-order chi connectivity index (χ1) is 8.60. The molecule has 1 aliphatic rings. The Morgan fingerprint density at radius 2 is 1.78 bits per heavy atom. The standard InChI is InChI=1S/C13H14N2O2S/c1-3-9-15(10-4-2)13-11-7-5-6-8-12(11)18(16,17)14-13/h3-8H,1-2,9-10H2. The highest BCUT2D eigenvalue weighted by Gasteiger charge is 2.30. The van der Waals surface area contributed by atoms with Crippen LogP contribution in [0.2, 0.25) is 0 Å². The van der Waals surface area contributed by atoms with Crippen molar-refractivity contribution in [3.05, 3.63) is 55.1 Å². The second-order valence-corrected chi connectivity index (χ2v) is 5.44. The van der Waals surface area contributed by atoms with Crippen molar-refractivity contribution >= 4 is 15.9 Å². The topological polar surface area (TPSA) is 49.7 Å². The van der Waals surface area contributed by atoms with Gasteiger partial charge in [-0.15, -0.1) is 17.6 Å². The number of hydrogen-bond acceptors (Lipinski definition) is 3. The molecule has 18 heavy (non-hydrogen) atoms. The summed E-state index contributed by atoms with van der Waals surface area (Å²) in [4.78, 5) is 2.08. The van der Waals surface area contributed by atoms with E-state index in [1.165, 1.54) is 0 Å². The van der Waals surface area contributed by atoms with Crippen LogP contribution in [-0.4, -0.2) is 32.2 Å². The first kappa shape index (κ1) is 12.6. The minimum absolute atomic E-state index is 0.262. The van der Waals surface area contributed by atoms with E-state index in [0.717, 1.165) is 0 Å². The smallest absolute Gasteiger partial charge is 0.285 e. The highest BCUT2D eigenvalue weighted by atomic mass is 32.2. The van der Waals surface area contributed by atoms with E-state index in [-0.39, 0.29) is 4.90 Å². The molecule has 0 aromatic heterocycles. The lowest BCUT2D eigenvalue weighted by molar-refractivity contribution is 0.515. The van der Waals surface area contributed by atoms with Crippen LogP contribution >= 0.6 is 0 Å². The normalized spacial score (nSPS) is 15.7. The van der Waals surface area contributed by atoms with E-state index in [4.69, 9.17) is 0 Å². The van der Waals surface area contributed by atoms with Gasteiger partial charge in [0.1, 0.15) is 4.90 Å². The zero-order valence-electron chi connectivity index (χ0n) is 9.91. The average Bonchev–Trinajstić information content (AvgIpc) is 2.62. The zero-order chi connectivity index (χ0) is 13.2. The Hall–Kier alpha value is -1.88. The summed E-state index contributed by atoms with van der Waals surface area (Å²) in [6.07, 6.45) is 3.42. The molecule has 0 fully saturated rings. The Bertz CT molecular complexity index is 608. The van der Waals surface area contributed by atoms with Gasteiger partial charge in [0.25, 0.3) is 10.0 Å². The van der Waals surface area contributed by atoms with E-state index in [1.54, 1.807) is 36.4 Å². The minimum Gasteiger partial charge on any atom is -0.348 e. The molecule has 1 aliphatic heterocycles. The van der Waals surface area contributed by atoms with Gasteiger partial charge >= 0.3 is 0 Å². The fraction of sp³-hybridized carbons (Fsp3) is 0.154. The molecule has 1 aromatic rings. The van der Waals surface area contributed by atoms with E-state index >= 15 is 0 Å². The molecule has 1 aromatic carbocycles. The van der Waals surface area contributed by atoms with Crippen LogP contribution in [-0.2, 0) is 10.0 Å². The van der Waals surface area contributed by atoms with Crippen molar-refractivity contribution in [2.24, 2.45) is 4.40 Å². The summed E-state index contributed by atoms with van der Waals surface area (Å²) >= 11 is 0. The fourth-order valence-corrected chi connectivity index (χ4v) is 3.10. The number of nitrogens with zero attached hydrogens (tertiary/aromatic N) is 2. The molecule has 0 unspecified atom stereocenters. The third-order valence-corrected chi connectivity index (χ3v) is 3.94. The van der Waals surface area contributed by atoms with Crippen molar-refractivity contribution in [1.29, 1.82) is 0 Å². The Morgan fingerprint density at radius 3 is 2.39 bits per heavy atom. The van der Waals surface area contributed by atoms with Gasteiger partial charge in [-0.2, -0.15) is 8.42 Å². The molecule has 0 atom stereocenters. The summed E-state index contributed by atoms with van der Waals surface area (Å²) in [6.45, 7) is 8.38. The van der Waals surface area contributed by atoms with E-state index in [0.29, 0.717) is 24.5 Å². The second kappa shape index (κ2) is 4.78. The number of benzene rings is 1. The number of fused-ring (bicyclic) bond motifs is 1. The molecule has 0 radical (unpaired) electrons. The van der Waals surface area contributed by atoms with E-state index < -0.39 is 10.0 Å². The quantitative estimate of drug-likeness (QED) is 0.778. The first-order valence-corrected chi connectivity index (χ1v) is 6.95. The molecule has 0 amide bonds. The van der Waals surface area contributed by atoms with Crippen molar-refractivity contribution < 1.29 is 8.42 Å². The summed E-state index contributed by atoms with van der Waals surface area (Å²) in [7, 11) is -3.56. The summed E-state index contributed by atoms with van der Waals surface area (Å²) in [6, 6.07) is 6.83. The predicted octanol–water partition coefficient (Wildman–Crippen LogP) is 1.81.